The van der Waals surface area contributed by atoms with Gasteiger partial charge in [-0.1, -0.05) is 59.3 Å². The minimum atomic E-state index is -0.370. The van der Waals surface area contributed by atoms with Crippen LogP contribution in [-0.2, 0) is 9.59 Å². The van der Waals surface area contributed by atoms with E-state index in [1.54, 1.807) is 47.4 Å². The molecule has 0 unspecified atom stereocenters. The molecule has 0 radical (unpaired) electrons. The molecule has 0 saturated carbocycles. The Bertz CT molecular complexity index is 1460. The van der Waals surface area contributed by atoms with Crippen LogP contribution in [0, 0.1) is 13.8 Å². The topological polar surface area (TPSA) is 67.9 Å². The van der Waals surface area contributed by atoms with Gasteiger partial charge in [-0.2, -0.15) is 0 Å². The van der Waals surface area contributed by atoms with Crippen LogP contribution in [0.5, 0.6) is 11.5 Å². The van der Waals surface area contributed by atoms with Gasteiger partial charge < -0.3 is 14.8 Å². The minimum absolute atomic E-state index is 0.180. The molecule has 10 heteroatoms. The molecule has 1 aliphatic heterocycles. The fourth-order valence-corrected chi connectivity index (χ4v) is 5.22. The molecule has 1 N–H and O–H groups in total. The van der Waals surface area contributed by atoms with Crippen molar-refractivity contribution in [2.75, 3.05) is 23.4 Å². The maximum absolute atomic E-state index is 13.2. The third kappa shape index (κ3) is 6.50. The highest BCUT2D eigenvalue weighted by molar-refractivity contribution is 8.27. The number of nitrogens with zero attached hydrogens (tertiary/aromatic N) is 1. The Kier molecular flexibility index (Phi) is 8.99. The lowest BCUT2D eigenvalue weighted by atomic mass is 10.1. The molecule has 0 spiro atoms. The normalized spacial score (nSPS) is 14.2. The summed E-state index contributed by atoms with van der Waals surface area (Å²) in [4.78, 5) is 27.6. The summed E-state index contributed by atoms with van der Waals surface area (Å²) in [5, 5.41) is 3.45. The van der Waals surface area contributed by atoms with Crippen LogP contribution in [0.15, 0.2) is 59.5 Å². The number of ether oxygens (including phenoxy) is 2. The smallest absolute Gasteiger partial charge is 0.270 e. The van der Waals surface area contributed by atoms with Gasteiger partial charge in [0.25, 0.3) is 11.8 Å². The number of amides is 2. The molecule has 1 aliphatic rings. The average molecular weight is 588 g/mol. The highest BCUT2D eigenvalue weighted by Crippen LogP contribution is 2.38. The van der Waals surface area contributed by atoms with Crippen molar-refractivity contribution >= 4 is 80.8 Å². The molecule has 0 aromatic heterocycles. The molecule has 1 fully saturated rings. The number of nitrogens with one attached hydrogen (secondary N) is 1. The van der Waals surface area contributed by atoms with E-state index in [-0.39, 0.29) is 18.4 Å². The SMILES string of the molecule is CCOc1cc(/C=C2\SC(=S)N(c3ccc(C)c(C)c3)C2=O)ccc1OCC(=O)Nc1ccc(Cl)c(Cl)c1. The van der Waals surface area contributed by atoms with E-state index < -0.39 is 0 Å². The van der Waals surface area contributed by atoms with Crippen molar-refractivity contribution in [1.82, 2.24) is 0 Å². The van der Waals surface area contributed by atoms with Crippen molar-refractivity contribution in [3.05, 3.63) is 86.2 Å². The van der Waals surface area contributed by atoms with Crippen LogP contribution in [0.25, 0.3) is 6.08 Å². The van der Waals surface area contributed by atoms with Crippen molar-refractivity contribution in [3.8, 4) is 11.5 Å². The number of aryl methyl sites for hydroxylation is 2. The van der Waals surface area contributed by atoms with Gasteiger partial charge in [0.05, 0.1) is 27.2 Å². The second kappa shape index (κ2) is 12.2. The number of rotatable bonds is 8. The molecule has 0 aliphatic carbocycles. The Hall–Kier alpha value is -3.04. The van der Waals surface area contributed by atoms with Crippen molar-refractivity contribution in [3.63, 3.8) is 0 Å². The van der Waals surface area contributed by atoms with Crippen LogP contribution in [-0.4, -0.2) is 29.3 Å². The van der Waals surface area contributed by atoms with E-state index in [1.165, 1.54) is 11.8 Å². The van der Waals surface area contributed by atoms with Crippen LogP contribution in [0.3, 0.4) is 0 Å². The van der Waals surface area contributed by atoms with Crippen molar-refractivity contribution in [2.24, 2.45) is 0 Å². The van der Waals surface area contributed by atoms with E-state index in [0.29, 0.717) is 43.1 Å². The molecule has 38 heavy (non-hydrogen) atoms. The number of hydrogen-bond acceptors (Lipinski definition) is 6. The van der Waals surface area contributed by atoms with Crippen molar-refractivity contribution in [1.29, 1.82) is 0 Å². The summed E-state index contributed by atoms with van der Waals surface area (Å²) in [5.41, 5.74) is 4.22. The number of anilines is 2. The molecule has 3 aromatic rings. The van der Waals surface area contributed by atoms with Crippen LogP contribution >= 0.6 is 47.2 Å². The summed E-state index contributed by atoms with van der Waals surface area (Å²) in [5.74, 6) is 0.301. The zero-order valence-electron chi connectivity index (χ0n) is 20.8. The van der Waals surface area contributed by atoms with E-state index in [9.17, 15) is 9.59 Å². The molecule has 3 aromatic carbocycles. The highest BCUT2D eigenvalue weighted by Gasteiger charge is 2.33. The molecular formula is C28H24Cl2N2O4S2. The average Bonchev–Trinajstić information content (AvgIpc) is 3.15. The van der Waals surface area contributed by atoms with E-state index in [1.807, 2.05) is 39.0 Å². The Morgan fingerprint density at radius 1 is 1.00 bits per heavy atom. The van der Waals surface area contributed by atoms with Crippen LogP contribution in [0.2, 0.25) is 10.0 Å². The summed E-state index contributed by atoms with van der Waals surface area (Å²) >= 11 is 18.7. The monoisotopic (exact) mass is 586 g/mol. The van der Waals surface area contributed by atoms with E-state index >= 15 is 0 Å². The second-order valence-corrected chi connectivity index (χ2v) is 10.9. The fourth-order valence-electron chi connectivity index (χ4n) is 3.62. The zero-order valence-corrected chi connectivity index (χ0v) is 24.0. The minimum Gasteiger partial charge on any atom is -0.490 e. The summed E-state index contributed by atoms with van der Waals surface area (Å²) in [6, 6.07) is 15.9. The summed E-state index contributed by atoms with van der Waals surface area (Å²) in [6.45, 7) is 6.03. The van der Waals surface area contributed by atoms with Gasteiger partial charge in [-0.05, 0) is 86.0 Å². The number of carbonyl (C=O) groups excluding carboxylic acids is 2. The van der Waals surface area contributed by atoms with E-state index in [4.69, 9.17) is 44.9 Å². The van der Waals surface area contributed by atoms with E-state index in [0.717, 1.165) is 22.4 Å². The van der Waals surface area contributed by atoms with Crippen molar-refractivity contribution in [2.45, 2.75) is 20.8 Å². The molecule has 2 amide bonds. The molecule has 1 heterocycles. The number of hydrogen-bond donors (Lipinski definition) is 1. The largest absolute Gasteiger partial charge is 0.490 e. The third-order valence-corrected chi connectivity index (χ3v) is 7.71. The Morgan fingerprint density at radius 3 is 2.50 bits per heavy atom. The zero-order chi connectivity index (χ0) is 27.4. The summed E-state index contributed by atoms with van der Waals surface area (Å²) < 4.78 is 11.9. The third-order valence-electron chi connectivity index (χ3n) is 5.67. The predicted molar refractivity (Wildman–Crippen MR) is 160 cm³/mol. The quantitative estimate of drug-likeness (QED) is 0.218. The van der Waals surface area contributed by atoms with Crippen LogP contribution in [0.4, 0.5) is 11.4 Å². The first-order chi connectivity index (χ1) is 18.2. The molecule has 0 atom stereocenters. The fraction of sp³-hybridized carbons (Fsp3) is 0.179. The first-order valence-electron chi connectivity index (χ1n) is 11.7. The standard InChI is InChI=1S/C28H24Cl2N2O4S2/c1-4-35-24-12-18(6-10-23(24)36-15-26(33)31-19-7-9-21(29)22(30)14-19)13-25-27(34)32(28(37)38-25)20-8-5-16(2)17(3)11-20/h5-14H,4,15H2,1-3H3,(H,31,33)/b25-13-. The maximum atomic E-state index is 13.2. The molecule has 196 valence electrons. The van der Waals surface area contributed by atoms with E-state index in [2.05, 4.69) is 5.32 Å². The van der Waals surface area contributed by atoms with Crippen molar-refractivity contribution < 1.29 is 19.1 Å². The van der Waals surface area contributed by atoms with Crippen LogP contribution in [0.1, 0.15) is 23.6 Å². The van der Waals surface area contributed by atoms with Gasteiger partial charge in [-0.25, -0.2) is 0 Å². The molecular weight excluding hydrogens is 563 g/mol. The lowest BCUT2D eigenvalue weighted by Crippen LogP contribution is -2.27. The van der Waals surface area contributed by atoms with Gasteiger partial charge in [0, 0.05) is 5.69 Å². The lowest BCUT2D eigenvalue weighted by Gasteiger charge is -2.16. The molecule has 6 nitrogen and oxygen atoms in total. The first-order valence-corrected chi connectivity index (χ1v) is 13.6. The number of thiocarbonyl (C=S) groups is 1. The lowest BCUT2D eigenvalue weighted by molar-refractivity contribution is -0.118. The number of halogens is 2. The Balaban J connectivity index is 1.48. The number of thioether (sulfide) groups is 1. The highest BCUT2D eigenvalue weighted by atomic mass is 35.5. The summed E-state index contributed by atoms with van der Waals surface area (Å²) in [6.07, 6.45) is 1.77. The predicted octanol–water partition coefficient (Wildman–Crippen LogP) is 7.43. The van der Waals surface area contributed by atoms with Gasteiger partial charge in [0.1, 0.15) is 0 Å². The second-order valence-electron chi connectivity index (χ2n) is 8.39. The molecule has 1 saturated heterocycles. The van der Waals surface area contributed by atoms with Gasteiger partial charge in [-0.3, -0.25) is 14.5 Å². The first kappa shape index (κ1) is 28.0. The maximum Gasteiger partial charge on any atom is 0.270 e. The molecule has 4 rings (SSSR count). The van der Waals surface area contributed by atoms with Gasteiger partial charge in [0.2, 0.25) is 0 Å². The Labute approximate surface area is 240 Å². The van der Waals surface area contributed by atoms with Gasteiger partial charge in [-0.15, -0.1) is 0 Å². The van der Waals surface area contributed by atoms with Crippen LogP contribution < -0.4 is 19.7 Å². The number of carbonyl (C=O) groups is 2. The van der Waals surface area contributed by atoms with Gasteiger partial charge in [0.15, 0.2) is 22.4 Å². The Morgan fingerprint density at radius 2 is 1.79 bits per heavy atom. The van der Waals surface area contributed by atoms with Gasteiger partial charge >= 0.3 is 0 Å². The molecule has 0 bridgehead atoms. The summed E-state index contributed by atoms with van der Waals surface area (Å²) in [7, 11) is 0. The number of benzene rings is 3.